The summed E-state index contributed by atoms with van der Waals surface area (Å²) in [5, 5.41) is 7.05. The van der Waals surface area contributed by atoms with Crippen LogP contribution in [-0.2, 0) is 16.9 Å². The summed E-state index contributed by atoms with van der Waals surface area (Å²) in [7, 11) is 0. The standard InChI is InChI=1S/C16H17ClN4O3/c1-9(2)13-18-12(24-20-13)8-21-14(22)16(3,19-15(21)23)10-5-4-6-11(17)7-10/h4-7,9H,8H2,1-3H3,(H,19,23). The molecule has 1 N–H and O–H groups in total. The lowest BCUT2D eigenvalue weighted by Crippen LogP contribution is -2.40. The molecule has 1 saturated heterocycles. The van der Waals surface area contributed by atoms with Gasteiger partial charge in [-0.2, -0.15) is 4.98 Å². The van der Waals surface area contributed by atoms with Gasteiger partial charge in [-0.05, 0) is 24.6 Å². The van der Waals surface area contributed by atoms with E-state index in [1.807, 2.05) is 13.8 Å². The van der Waals surface area contributed by atoms with Crippen molar-refractivity contribution >= 4 is 23.5 Å². The Hall–Kier alpha value is -2.41. The third-order valence-electron chi connectivity index (χ3n) is 3.97. The number of nitrogens with one attached hydrogen (secondary N) is 1. The van der Waals surface area contributed by atoms with Crippen molar-refractivity contribution in [2.24, 2.45) is 0 Å². The molecule has 2 aromatic rings. The number of aromatic nitrogens is 2. The Bertz CT molecular complexity index is 804. The molecule has 3 amide bonds. The zero-order valence-corrected chi connectivity index (χ0v) is 14.3. The van der Waals surface area contributed by atoms with Crippen LogP contribution in [0.2, 0.25) is 5.02 Å². The lowest BCUT2D eigenvalue weighted by atomic mass is 9.92. The minimum Gasteiger partial charge on any atom is -0.337 e. The van der Waals surface area contributed by atoms with E-state index in [4.69, 9.17) is 16.1 Å². The maximum Gasteiger partial charge on any atom is 0.325 e. The van der Waals surface area contributed by atoms with Crippen LogP contribution in [-0.4, -0.2) is 27.0 Å². The Morgan fingerprint density at radius 1 is 1.38 bits per heavy atom. The van der Waals surface area contributed by atoms with Crippen molar-refractivity contribution in [3.8, 4) is 0 Å². The molecule has 1 aliphatic heterocycles. The highest BCUT2D eigenvalue weighted by molar-refractivity contribution is 6.30. The third-order valence-corrected chi connectivity index (χ3v) is 4.21. The fourth-order valence-corrected chi connectivity index (χ4v) is 2.73. The van der Waals surface area contributed by atoms with Crippen LogP contribution in [0.5, 0.6) is 0 Å². The number of imide groups is 1. The highest BCUT2D eigenvalue weighted by Gasteiger charge is 2.49. The van der Waals surface area contributed by atoms with E-state index in [0.717, 1.165) is 4.90 Å². The van der Waals surface area contributed by atoms with Gasteiger partial charge in [0.05, 0.1) is 0 Å². The van der Waals surface area contributed by atoms with Crippen molar-refractivity contribution in [1.29, 1.82) is 0 Å². The number of nitrogens with zero attached hydrogens (tertiary/aromatic N) is 3. The Morgan fingerprint density at radius 2 is 2.12 bits per heavy atom. The molecule has 0 aliphatic carbocycles. The van der Waals surface area contributed by atoms with Crippen LogP contribution in [0.4, 0.5) is 4.79 Å². The predicted molar refractivity (Wildman–Crippen MR) is 86.3 cm³/mol. The molecular formula is C16H17ClN4O3. The number of urea groups is 1. The van der Waals surface area contributed by atoms with Crippen LogP contribution < -0.4 is 5.32 Å². The molecule has 1 aromatic heterocycles. The van der Waals surface area contributed by atoms with E-state index in [1.165, 1.54) is 0 Å². The molecule has 7 nitrogen and oxygen atoms in total. The van der Waals surface area contributed by atoms with Crippen molar-refractivity contribution in [1.82, 2.24) is 20.4 Å². The van der Waals surface area contributed by atoms with Crippen molar-refractivity contribution in [3.63, 3.8) is 0 Å². The van der Waals surface area contributed by atoms with Gasteiger partial charge in [0.15, 0.2) is 5.82 Å². The summed E-state index contributed by atoms with van der Waals surface area (Å²) in [5.41, 5.74) is -0.563. The molecule has 2 heterocycles. The molecule has 3 rings (SSSR count). The summed E-state index contributed by atoms with van der Waals surface area (Å²) in [6, 6.07) is 6.34. The molecule has 126 valence electrons. The molecule has 0 bridgehead atoms. The molecule has 1 atom stereocenters. The molecular weight excluding hydrogens is 332 g/mol. The summed E-state index contributed by atoms with van der Waals surface area (Å²) < 4.78 is 5.12. The first kappa shape index (κ1) is 16.4. The van der Waals surface area contributed by atoms with Crippen LogP contribution in [0, 0.1) is 0 Å². The van der Waals surface area contributed by atoms with Gasteiger partial charge in [0.1, 0.15) is 12.1 Å². The second kappa shape index (κ2) is 5.90. The summed E-state index contributed by atoms with van der Waals surface area (Å²) in [6.07, 6.45) is 0. The summed E-state index contributed by atoms with van der Waals surface area (Å²) >= 11 is 6.00. The topological polar surface area (TPSA) is 88.3 Å². The Morgan fingerprint density at radius 3 is 2.75 bits per heavy atom. The van der Waals surface area contributed by atoms with Gasteiger partial charge >= 0.3 is 6.03 Å². The molecule has 24 heavy (non-hydrogen) atoms. The number of carbonyl (C=O) groups excluding carboxylic acids is 2. The van der Waals surface area contributed by atoms with Crippen LogP contribution in [0.25, 0.3) is 0 Å². The minimum atomic E-state index is -1.18. The molecule has 1 aliphatic rings. The molecule has 8 heteroatoms. The molecule has 0 radical (unpaired) electrons. The monoisotopic (exact) mass is 348 g/mol. The highest BCUT2D eigenvalue weighted by atomic mass is 35.5. The fraction of sp³-hybridized carbons (Fsp3) is 0.375. The van der Waals surface area contributed by atoms with E-state index in [9.17, 15) is 9.59 Å². The Labute approximate surface area is 144 Å². The van der Waals surface area contributed by atoms with Gasteiger partial charge in [-0.3, -0.25) is 9.69 Å². The van der Waals surface area contributed by atoms with E-state index >= 15 is 0 Å². The molecule has 0 saturated carbocycles. The van der Waals surface area contributed by atoms with Gasteiger partial charge in [-0.25, -0.2) is 4.79 Å². The van der Waals surface area contributed by atoms with E-state index in [-0.39, 0.29) is 24.3 Å². The Balaban J connectivity index is 1.86. The maximum atomic E-state index is 12.8. The number of rotatable bonds is 4. The normalized spacial score (nSPS) is 20.8. The third kappa shape index (κ3) is 2.75. The second-order valence-corrected chi connectivity index (χ2v) is 6.59. The maximum absolute atomic E-state index is 12.8. The van der Waals surface area contributed by atoms with E-state index in [0.29, 0.717) is 16.4 Å². The number of benzene rings is 1. The zero-order chi connectivity index (χ0) is 17.5. The Kier molecular flexibility index (Phi) is 4.04. The van der Waals surface area contributed by atoms with Crippen molar-refractivity contribution < 1.29 is 14.1 Å². The number of halogens is 1. The summed E-state index contributed by atoms with van der Waals surface area (Å²) in [6.45, 7) is 5.43. The SMILES string of the molecule is CC(C)c1noc(CN2C(=O)NC(C)(c3cccc(Cl)c3)C2=O)n1. The van der Waals surface area contributed by atoms with Crippen LogP contribution in [0.3, 0.4) is 0 Å². The number of amides is 3. The van der Waals surface area contributed by atoms with Crippen molar-refractivity contribution in [2.75, 3.05) is 0 Å². The smallest absolute Gasteiger partial charge is 0.325 e. The van der Waals surface area contributed by atoms with Gasteiger partial charge < -0.3 is 9.84 Å². The van der Waals surface area contributed by atoms with Gasteiger partial charge in [0.25, 0.3) is 5.91 Å². The number of hydrogen-bond acceptors (Lipinski definition) is 5. The average molecular weight is 349 g/mol. The number of hydrogen-bond donors (Lipinski definition) is 1. The largest absolute Gasteiger partial charge is 0.337 e. The first-order valence-corrected chi connectivity index (χ1v) is 7.91. The van der Waals surface area contributed by atoms with E-state index in [2.05, 4.69) is 15.5 Å². The first-order valence-electron chi connectivity index (χ1n) is 7.54. The lowest BCUT2D eigenvalue weighted by molar-refractivity contribution is -0.131. The van der Waals surface area contributed by atoms with Gasteiger partial charge in [0, 0.05) is 10.9 Å². The average Bonchev–Trinajstić information content (AvgIpc) is 3.07. The van der Waals surface area contributed by atoms with Crippen LogP contribution in [0.1, 0.15) is 44.0 Å². The van der Waals surface area contributed by atoms with Crippen LogP contribution >= 0.6 is 11.6 Å². The highest BCUT2D eigenvalue weighted by Crippen LogP contribution is 2.31. The molecule has 1 unspecified atom stereocenters. The zero-order valence-electron chi connectivity index (χ0n) is 13.5. The summed E-state index contributed by atoms with van der Waals surface area (Å²) in [5.74, 6) is 0.466. The van der Waals surface area contributed by atoms with E-state index < -0.39 is 11.6 Å². The predicted octanol–water partition coefficient (Wildman–Crippen LogP) is 2.81. The fourth-order valence-electron chi connectivity index (χ4n) is 2.54. The number of carbonyl (C=O) groups is 2. The van der Waals surface area contributed by atoms with Gasteiger partial charge in [-0.15, -0.1) is 0 Å². The summed E-state index contributed by atoms with van der Waals surface area (Å²) in [4.78, 5) is 30.4. The van der Waals surface area contributed by atoms with Gasteiger partial charge in [0.2, 0.25) is 5.89 Å². The van der Waals surface area contributed by atoms with Crippen LogP contribution in [0.15, 0.2) is 28.8 Å². The van der Waals surface area contributed by atoms with Crippen molar-refractivity contribution in [2.45, 2.75) is 38.8 Å². The molecule has 1 aromatic carbocycles. The lowest BCUT2D eigenvalue weighted by Gasteiger charge is -2.22. The van der Waals surface area contributed by atoms with Crippen molar-refractivity contribution in [3.05, 3.63) is 46.6 Å². The molecule has 1 fully saturated rings. The molecule has 0 spiro atoms. The van der Waals surface area contributed by atoms with Gasteiger partial charge in [-0.1, -0.05) is 42.7 Å². The second-order valence-electron chi connectivity index (χ2n) is 6.16. The minimum absolute atomic E-state index is 0.0689. The first-order chi connectivity index (χ1) is 11.3. The van der Waals surface area contributed by atoms with E-state index in [1.54, 1.807) is 31.2 Å². The quantitative estimate of drug-likeness (QED) is 0.858.